The topological polar surface area (TPSA) is 46.9 Å². The summed E-state index contributed by atoms with van der Waals surface area (Å²) >= 11 is 1.54. The first-order valence-corrected chi connectivity index (χ1v) is 9.51. The standard InChI is InChI=1S/C20H20FN3OS/c1-13-11-17(14(2)24(13)19-22-9-10-26-19)18(25)23-12-20(7-8-20)15-3-5-16(21)6-4-15/h3-6,9-11H,7-8,12H2,1-2H3,(H,23,25). The second kappa shape index (κ2) is 6.36. The Labute approximate surface area is 155 Å². The number of amides is 1. The zero-order chi connectivity index (χ0) is 18.3. The van der Waals surface area contributed by atoms with Crippen molar-refractivity contribution in [3.63, 3.8) is 0 Å². The average molecular weight is 369 g/mol. The summed E-state index contributed by atoms with van der Waals surface area (Å²) in [5.41, 5.74) is 3.59. The van der Waals surface area contributed by atoms with Crippen LogP contribution in [-0.2, 0) is 5.41 Å². The van der Waals surface area contributed by atoms with Crippen LogP contribution in [0.4, 0.5) is 4.39 Å². The zero-order valence-electron chi connectivity index (χ0n) is 14.8. The number of hydrogen-bond donors (Lipinski definition) is 1. The molecule has 1 fully saturated rings. The van der Waals surface area contributed by atoms with E-state index in [4.69, 9.17) is 0 Å². The number of nitrogens with zero attached hydrogens (tertiary/aromatic N) is 2. The number of thiazole rings is 1. The Kier molecular flexibility index (Phi) is 4.15. The van der Waals surface area contributed by atoms with Crippen molar-refractivity contribution in [1.29, 1.82) is 0 Å². The minimum atomic E-state index is -0.233. The van der Waals surface area contributed by atoms with Gasteiger partial charge < -0.3 is 5.32 Å². The summed E-state index contributed by atoms with van der Waals surface area (Å²) in [7, 11) is 0. The van der Waals surface area contributed by atoms with Crippen LogP contribution in [0, 0.1) is 19.7 Å². The molecule has 134 valence electrons. The second-order valence-corrected chi connectivity index (χ2v) is 7.78. The lowest BCUT2D eigenvalue weighted by Gasteiger charge is -2.16. The normalized spacial score (nSPS) is 15.0. The molecule has 2 aromatic heterocycles. The lowest BCUT2D eigenvalue weighted by Crippen LogP contribution is -2.32. The molecule has 1 saturated carbocycles. The van der Waals surface area contributed by atoms with E-state index in [0.29, 0.717) is 12.1 Å². The van der Waals surface area contributed by atoms with Crippen molar-refractivity contribution < 1.29 is 9.18 Å². The van der Waals surface area contributed by atoms with Gasteiger partial charge in [-0.2, -0.15) is 0 Å². The van der Waals surface area contributed by atoms with Crippen LogP contribution in [-0.4, -0.2) is 22.0 Å². The van der Waals surface area contributed by atoms with E-state index in [2.05, 4.69) is 10.3 Å². The lowest BCUT2D eigenvalue weighted by atomic mass is 9.96. The molecule has 2 heterocycles. The van der Waals surface area contributed by atoms with Gasteiger partial charge in [-0.3, -0.25) is 9.36 Å². The van der Waals surface area contributed by atoms with Gasteiger partial charge in [0.2, 0.25) is 0 Å². The molecule has 1 amide bonds. The molecule has 0 saturated heterocycles. The van der Waals surface area contributed by atoms with E-state index < -0.39 is 0 Å². The number of halogens is 1. The molecular weight excluding hydrogens is 349 g/mol. The van der Waals surface area contributed by atoms with E-state index in [1.54, 1.807) is 17.5 Å². The summed E-state index contributed by atoms with van der Waals surface area (Å²) in [5, 5.41) is 5.87. The van der Waals surface area contributed by atoms with E-state index >= 15 is 0 Å². The van der Waals surface area contributed by atoms with Gasteiger partial charge in [0.05, 0.1) is 5.56 Å². The molecule has 1 aromatic carbocycles. The predicted molar refractivity (Wildman–Crippen MR) is 101 cm³/mol. The molecule has 0 unspecified atom stereocenters. The number of aryl methyl sites for hydroxylation is 1. The Hall–Kier alpha value is -2.47. The summed E-state index contributed by atoms with van der Waals surface area (Å²) in [5.74, 6) is -0.308. The number of aromatic nitrogens is 2. The monoisotopic (exact) mass is 369 g/mol. The molecule has 0 bridgehead atoms. The molecule has 1 N–H and O–H groups in total. The Bertz CT molecular complexity index is 940. The maximum atomic E-state index is 13.2. The molecule has 1 aliphatic rings. The maximum absolute atomic E-state index is 13.2. The van der Waals surface area contributed by atoms with E-state index in [1.807, 2.05) is 42.0 Å². The van der Waals surface area contributed by atoms with Gasteiger partial charge >= 0.3 is 0 Å². The molecule has 0 radical (unpaired) electrons. The Morgan fingerprint density at radius 3 is 2.65 bits per heavy atom. The van der Waals surface area contributed by atoms with Crippen LogP contribution in [0.3, 0.4) is 0 Å². The first kappa shape index (κ1) is 17.0. The molecule has 1 aliphatic carbocycles. The van der Waals surface area contributed by atoms with Crippen molar-refractivity contribution in [1.82, 2.24) is 14.9 Å². The highest BCUT2D eigenvalue weighted by molar-refractivity contribution is 7.12. The van der Waals surface area contributed by atoms with Gasteiger partial charge in [-0.1, -0.05) is 12.1 Å². The molecule has 26 heavy (non-hydrogen) atoms. The van der Waals surface area contributed by atoms with Crippen molar-refractivity contribution in [2.45, 2.75) is 32.1 Å². The molecule has 0 atom stereocenters. The van der Waals surface area contributed by atoms with E-state index in [-0.39, 0.29) is 17.1 Å². The van der Waals surface area contributed by atoms with Gasteiger partial charge in [-0.15, -0.1) is 11.3 Å². The fraction of sp³-hybridized carbons (Fsp3) is 0.300. The van der Waals surface area contributed by atoms with Gasteiger partial charge in [0.1, 0.15) is 5.82 Å². The summed E-state index contributed by atoms with van der Waals surface area (Å²) in [6.07, 6.45) is 3.78. The van der Waals surface area contributed by atoms with Crippen molar-refractivity contribution in [2.75, 3.05) is 6.54 Å². The first-order valence-electron chi connectivity index (χ1n) is 8.63. The van der Waals surface area contributed by atoms with Crippen LogP contribution in [0.5, 0.6) is 0 Å². The number of hydrogen-bond acceptors (Lipinski definition) is 3. The van der Waals surface area contributed by atoms with E-state index in [9.17, 15) is 9.18 Å². The van der Waals surface area contributed by atoms with E-state index in [0.717, 1.165) is 34.9 Å². The van der Waals surface area contributed by atoms with Crippen LogP contribution in [0.15, 0.2) is 41.9 Å². The molecule has 0 spiro atoms. The van der Waals surface area contributed by atoms with Gasteiger partial charge in [-0.05, 0) is 50.5 Å². The minimum absolute atomic E-state index is 0.0514. The van der Waals surface area contributed by atoms with Gasteiger partial charge in [0.15, 0.2) is 5.13 Å². The smallest absolute Gasteiger partial charge is 0.253 e. The number of nitrogens with one attached hydrogen (secondary N) is 1. The van der Waals surface area contributed by atoms with Crippen molar-refractivity contribution in [3.05, 3.63) is 70.2 Å². The largest absolute Gasteiger partial charge is 0.351 e. The van der Waals surface area contributed by atoms with Gasteiger partial charge in [0.25, 0.3) is 5.91 Å². The number of carbonyl (C=O) groups excluding carboxylic acids is 1. The van der Waals surface area contributed by atoms with Gasteiger partial charge in [0, 0.05) is 34.9 Å². The van der Waals surface area contributed by atoms with Crippen LogP contribution in [0.25, 0.3) is 5.13 Å². The SMILES string of the molecule is Cc1cc(C(=O)NCC2(c3ccc(F)cc3)CC2)c(C)n1-c1nccs1. The molecule has 6 heteroatoms. The maximum Gasteiger partial charge on any atom is 0.253 e. The quantitative estimate of drug-likeness (QED) is 0.734. The summed E-state index contributed by atoms with van der Waals surface area (Å²) in [4.78, 5) is 17.1. The number of rotatable bonds is 5. The zero-order valence-corrected chi connectivity index (χ0v) is 15.6. The first-order chi connectivity index (χ1) is 12.5. The Balaban J connectivity index is 1.51. The third-order valence-electron chi connectivity index (χ3n) is 5.18. The summed E-state index contributed by atoms with van der Waals surface area (Å²) in [6.45, 7) is 4.49. The van der Waals surface area contributed by atoms with Crippen molar-refractivity contribution in [3.8, 4) is 5.13 Å². The Morgan fingerprint density at radius 1 is 1.31 bits per heavy atom. The van der Waals surface area contributed by atoms with Crippen LogP contribution >= 0.6 is 11.3 Å². The molecule has 4 rings (SSSR count). The van der Waals surface area contributed by atoms with Crippen LogP contribution in [0.1, 0.15) is 40.2 Å². The fourth-order valence-corrected chi connectivity index (χ4v) is 4.23. The second-order valence-electron chi connectivity index (χ2n) is 6.90. The summed E-state index contributed by atoms with van der Waals surface area (Å²) in [6, 6.07) is 8.52. The van der Waals surface area contributed by atoms with Gasteiger partial charge in [-0.25, -0.2) is 9.37 Å². The van der Waals surface area contributed by atoms with Crippen LogP contribution in [0.2, 0.25) is 0 Å². The third-order valence-corrected chi connectivity index (χ3v) is 5.94. The highest BCUT2D eigenvalue weighted by Crippen LogP contribution is 2.47. The highest BCUT2D eigenvalue weighted by Gasteiger charge is 2.44. The average Bonchev–Trinajstić information content (AvgIpc) is 3.11. The molecule has 4 nitrogen and oxygen atoms in total. The summed E-state index contributed by atoms with van der Waals surface area (Å²) < 4.78 is 15.2. The predicted octanol–water partition coefficient (Wildman–Crippen LogP) is 4.15. The number of benzene rings is 1. The fourth-order valence-electron chi connectivity index (χ4n) is 3.48. The van der Waals surface area contributed by atoms with Crippen molar-refractivity contribution >= 4 is 17.2 Å². The highest BCUT2D eigenvalue weighted by atomic mass is 32.1. The van der Waals surface area contributed by atoms with Crippen molar-refractivity contribution in [2.24, 2.45) is 0 Å². The lowest BCUT2D eigenvalue weighted by molar-refractivity contribution is 0.0949. The minimum Gasteiger partial charge on any atom is -0.351 e. The Morgan fingerprint density at radius 2 is 2.04 bits per heavy atom. The molecular formula is C20H20FN3OS. The molecule has 3 aromatic rings. The third kappa shape index (κ3) is 2.94. The number of carbonyl (C=O) groups is 1. The molecule has 0 aliphatic heterocycles. The van der Waals surface area contributed by atoms with E-state index in [1.165, 1.54) is 12.1 Å². The van der Waals surface area contributed by atoms with Crippen LogP contribution < -0.4 is 5.32 Å².